The third-order valence-corrected chi connectivity index (χ3v) is 3.61. The van der Waals surface area contributed by atoms with Gasteiger partial charge in [-0.25, -0.2) is 4.39 Å². The molecule has 3 rings (SSSR count). The van der Waals surface area contributed by atoms with Crippen molar-refractivity contribution >= 4 is 0 Å². The number of benzene rings is 2. The van der Waals surface area contributed by atoms with Crippen LogP contribution in [-0.2, 0) is 13.1 Å². The SMILES string of the molecule is N#Cc1ccc(F)cc1CN1CCOc2ccccc2C1. The number of nitriles is 1. The molecule has 2 aromatic carbocycles. The van der Waals surface area contributed by atoms with Gasteiger partial charge in [0.05, 0.1) is 11.6 Å². The van der Waals surface area contributed by atoms with Crippen LogP contribution in [0.5, 0.6) is 5.75 Å². The molecule has 0 spiro atoms. The van der Waals surface area contributed by atoms with Gasteiger partial charge in [0, 0.05) is 25.2 Å². The first-order chi connectivity index (χ1) is 10.3. The van der Waals surface area contributed by atoms with E-state index in [0.29, 0.717) is 18.7 Å². The molecule has 0 aliphatic carbocycles. The van der Waals surface area contributed by atoms with E-state index in [4.69, 9.17) is 10.00 Å². The minimum Gasteiger partial charge on any atom is -0.492 e. The van der Waals surface area contributed by atoms with Gasteiger partial charge >= 0.3 is 0 Å². The van der Waals surface area contributed by atoms with Gasteiger partial charge in [-0.1, -0.05) is 18.2 Å². The predicted octanol–water partition coefficient (Wildman–Crippen LogP) is 3.09. The molecule has 0 unspecified atom stereocenters. The van der Waals surface area contributed by atoms with Gasteiger partial charge in [-0.05, 0) is 29.8 Å². The molecule has 0 saturated heterocycles. The second kappa shape index (κ2) is 5.94. The molecule has 1 aliphatic rings. The summed E-state index contributed by atoms with van der Waals surface area (Å²) in [5, 5.41) is 9.14. The molecule has 1 aliphatic heterocycles. The van der Waals surface area contributed by atoms with Crippen LogP contribution in [0.15, 0.2) is 42.5 Å². The van der Waals surface area contributed by atoms with E-state index >= 15 is 0 Å². The molecule has 21 heavy (non-hydrogen) atoms. The van der Waals surface area contributed by atoms with E-state index < -0.39 is 0 Å². The summed E-state index contributed by atoms with van der Waals surface area (Å²) in [6.07, 6.45) is 0. The highest BCUT2D eigenvalue weighted by atomic mass is 19.1. The van der Waals surface area contributed by atoms with E-state index in [1.807, 2.05) is 24.3 Å². The summed E-state index contributed by atoms with van der Waals surface area (Å²) in [5.74, 6) is 0.593. The summed E-state index contributed by atoms with van der Waals surface area (Å²) in [5.41, 5.74) is 2.36. The molecule has 3 nitrogen and oxygen atoms in total. The maximum absolute atomic E-state index is 13.4. The molecule has 2 aromatic rings. The van der Waals surface area contributed by atoms with Crippen molar-refractivity contribution in [2.24, 2.45) is 0 Å². The third kappa shape index (κ3) is 3.04. The van der Waals surface area contributed by atoms with Crippen molar-refractivity contribution in [3.8, 4) is 11.8 Å². The molecule has 0 saturated carbocycles. The molecule has 0 atom stereocenters. The molecule has 0 radical (unpaired) electrons. The number of ether oxygens (including phenoxy) is 1. The topological polar surface area (TPSA) is 36.3 Å². The maximum atomic E-state index is 13.4. The highest BCUT2D eigenvalue weighted by Gasteiger charge is 2.16. The molecule has 1 heterocycles. The Hall–Kier alpha value is -2.38. The first kappa shape index (κ1) is 13.6. The van der Waals surface area contributed by atoms with Gasteiger partial charge in [0.25, 0.3) is 0 Å². The van der Waals surface area contributed by atoms with Crippen molar-refractivity contribution in [1.29, 1.82) is 5.26 Å². The van der Waals surface area contributed by atoms with Gasteiger partial charge in [-0.2, -0.15) is 5.26 Å². The normalized spacial score (nSPS) is 14.7. The lowest BCUT2D eigenvalue weighted by Crippen LogP contribution is -2.25. The van der Waals surface area contributed by atoms with Crippen molar-refractivity contribution in [1.82, 2.24) is 4.90 Å². The van der Waals surface area contributed by atoms with Crippen LogP contribution in [0.25, 0.3) is 0 Å². The summed E-state index contributed by atoms with van der Waals surface area (Å²) >= 11 is 0. The zero-order chi connectivity index (χ0) is 14.7. The molecule has 0 aromatic heterocycles. The Kier molecular flexibility index (Phi) is 3.85. The fourth-order valence-corrected chi connectivity index (χ4v) is 2.56. The number of rotatable bonds is 2. The smallest absolute Gasteiger partial charge is 0.123 e. The number of nitrogens with zero attached hydrogens (tertiary/aromatic N) is 2. The zero-order valence-electron chi connectivity index (χ0n) is 11.6. The van der Waals surface area contributed by atoms with Crippen molar-refractivity contribution in [3.63, 3.8) is 0 Å². The summed E-state index contributed by atoms with van der Waals surface area (Å²) in [6.45, 7) is 2.61. The summed E-state index contributed by atoms with van der Waals surface area (Å²) in [6, 6.07) is 14.3. The standard InChI is InChI=1S/C17H15FN2O/c18-16-6-5-13(10-19)15(9-16)12-20-7-8-21-17-4-2-1-3-14(17)11-20/h1-6,9H,7-8,11-12H2. The number of halogens is 1. The van der Waals surface area contributed by atoms with Crippen LogP contribution in [0.3, 0.4) is 0 Å². The van der Waals surface area contributed by atoms with E-state index in [-0.39, 0.29) is 5.82 Å². The van der Waals surface area contributed by atoms with Gasteiger partial charge in [0.15, 0.2) is 0 Å². The van der Waals surface area contributed by atoms with Gasteiger partial charge in [0.1, 0.15) is 18.2 Å². The minimum absolute atomic E-state index is 0.310. The van der Waals surface area contributed by atoms with Crippen molar-refractivity contribution in [2.45, 2.75) is 13.1 Å². The molecule has 106 valence electrons. The largest absolute Gasteiger partial charge is 0.492 e. The quantitative estimate of drug-likeness (QED) is 0.849. The van der Waals surface area contributed by atoms with E-state index in [9.17, 15) is 4.39 Å². The highest BCUT2D eigenvalue weighted by molar-refractivity contribution is 5.38. The molecular formula is C17H15FN2O. The Morgan fingerprint density at radius 3 is 2.95 bits per heavy atom. The van der Waals surface area contributed by atoms with E-state index in [1.165, 1.54) is 18.2 Å². The van der Waals surface area contributed by atoms with Crippen LogP contribution < -0.4 is 4.74 Å². The van der Waals surface area contributed by atoms with Gasteiger partial charge in [-0.3, -0.25) is 4.90 Å². The monoisotopic (exact) mass is 282 g/mol. The van der Waals surface area contributed by atoms with Gasteiger partial charge in [-0.15, -0.1) is 0 Å². The first-order valence-electron chi connectivity index (χ1n) is 6.88. The highest BCUT2D eigenvalue weighted by Crippen LogP contribution is 2.24. The number of para-hydroxylation sites is 1. The Labute approximate surface area is 123 Å². The molecule has 0 N–H and O–H groups in total. The van der Waals surface area contributed by atoms with Crippen LogP contribution >= 0.6 is 0 Å². The Morgan fingerprint density at radius 1 is 1.24 bits per heavy atom. The number of hydrogen-bond acceptors (Lipinski definition) is 3. The van der Waals surface area contributed by atoms with Gasteiger partial charge in [0.2, 0.25) is 0 Å². The Balaban J connectivity index is 1.83. The van der Waals surface area contributed by atoms with E-state index in [2.05, 4.69) is 11.0 Å². The number of hydrogen-bond donors (Lipinski definition) is 0. The Bertz CT molecular complexity index is 693. The van der Waals surface area contributed by atoms with Crippen LogP contribution in [0, 0.1) is 17.1 Å². The van der Waals surface area contributed by atoms with Crippen molar-refractivity contribution < 1.29 is 9.13 Å². The van der Waals surface area contributed by atoms with Crippen LogP contribution in [0.2, 0.25) is 0 Å². The second-order valence-electron chi connectivity index (χ2n) is 5.08. The van der Waals surface area contributed by atoms with Crippen LogP contribution in [0.1, 0.15) is 16.7 Å². The fourth-order valence-electron chi connectivity index (χ4n) is 2.56. The van der Waals surface area contributed by atoms with Crippen LogP contribution in [0.4, 0.5) is 4.39 Å². The molecular weight excluding hydrogens is 267 g/mol. The lowest BCUT2D eigenvalue weighted by atomic mass is 10.1. The lowest BCUT2D eigenvalue weighted by Gasteiger charge is -2.20. The average molecular weight is 282 g/mol. The fraction of sp³-hybridized carbons (Fsp3) is 0.235. The van der Waals surface area contributed by atoms with Crippen molar-refractivity contribution in [2.75, 3.05) is 13.2 Å². The zero-order valence-corrected chi connectivity index (χ0v) is 11.6. The average Bonchev–Trinajstić information content (AvgIpc) is 2.69. The van der Waals surface area contributed by atoms with Crippen LogP contribution in [-0.4, -0.2) is 18.1 Å². The van der Waals surface area contributed by atoms with Gasteiger partial charge < -0.3 is 4.74 Å². The maximum Gasteiger partial charge on any atom is 0.123 e. The second-order valence-corrected chi connectivity index (χ2v) is 5.08. The third-order valence-electron chi connectivity index (χ3n) is 3.61. The minimum atomic E-state index is -0.310. The molecule has 4 heteroatoms. The Morgan fingerprint density at radius 2 is 2.10 bits per heavy atom. The number of fused-ring (bicyclic) bond motifs is 1. The lowest BCUT2D eigenvalue weighted by molar-refractivity contribution is 0.219. The first-order valence-corrected chi connectivity index (χ1v) is 6.88. The van der Waals surface area contributed by atoms with E-state index in [0.717, 1.165) is 30.0 Å². The van der Waals surface area contributed by atoms with Crippen molar-refractivity contribution in [3.05, 3.63) is 65.0 Å². The molecule has 0 bridgehead atoms. The molecule has 0 amide bonds. The predicted molar refractivity (Wildman–Crippen MR) is 77.2 cm³/mol. The van der Waals surface area contributed by atoms with E-state index in [1.54, 1.807) is 0 Å². The molecule has 0 fully saturated rings. The summed E-state index contributed by atoms with van der Waals surface area (Å²) in [4.78, 5) is 2.17. The summed E-state index contributed by atoms with van der Waals surface area (Å²) < 4.78 is 19.1. The summed E-state index contributed by atoms with van der Waals surface area (Å²) in [7, 11) is 0.